The molecular weight excluding hydrogens is 351 g/mol. The molecule has 0 aromatic rings. The molecule has 0 spiro atoms. The first-order valence-corrected chi connectivity index (χ1v) is 12.6. The highest BCUT2D eigenvalue weighted by Crippen LogP contribution is 2.38. The molecule has 0 aliphatic heterocycles. The Morgan fingerprint density at radius 2 is 1.27 bits per heavy atom. The molecule has 0 aliphatic rings. The second-order valence-corrected chi connectivity index (χ2v) is 10.2. The Morgan fingerprint density at radius 1 is 0.773 bits per heavy atom. The van der Waals surface area contributed by atoms with Gasteiger partial charge in [0.05, 0.1) is 0 Å². The smallest absolute Gasteiger partial charge is 0.105 e. The summed E-state index contributed by atoms with van der Waals surface area (Å²) in [4.78, 5) is -0.220. The van der Waals surface area contributed by atoms with E-state index in [-0.39, 0.29) is 4.84 Å². The number of halogens is 2. The predicted octanol–water partition coefficient (Wildman–Crippen LogP) is 8.51. The highest BCUT2D eigenvalue weighted by atomic mass is 35.5. The van der Waals surface area contributed by atoms with Crippen molar-refractivity contribution in [1.82, 2.24) is 0 Å². The third-order valence-corrected chi connectivity index (χ3v) is 6.96. The molecule has 4 heteroatoms. The predicted molar refractivity (Wildman–Crippen MR) is 111 cm³/mol. The van der Waals surface area contributed by atoms with Gasteiger partial charge in [0.15, 0.2) is 0 Å². The first-order chi connectivity index (χ1) is 10.7. The lowest BCUT2D eigenvalue weighted by atomic mass is 9.90. The van der Waals surface area contributed by atoms with Crippen LogP contribution >= 0.6 is 44.8 Å². The maximum absolute atomic E-state index is 6.08. The van der Waals surface area contributed by atoms with Crippen LogP contribution in [0, 0.1) is 5.92 Å². The van der Waals surface area contributed by atoms with Crippen LogP contribution in [0.5, 0.6) is 0 Å². The summed E-state index contributed by atoms with van der Waals surface area (Å²) in [7, 11) is 3.86. The Labute approximate surface area is 157 Å². The molecule has 0 aromatic carbocycles. The molecule has 0 radical (unpaired) electrons. The lowest BCUT2D eigenvalue weighted by molar-refractivity contribution is 0.387. The van der Waals surface area contributed by atoms with Gasteiger partial charge in [-0.05, 0) is 31.4 Å². The maximum atomic E-state index is 6.08. The van der Waals surface area contributed by atoms with Crippen molar-refractivity contribution in [2.24, 2.45) is 5.92 Å². The minimum atomic E-state index is -0.220. The lowest BCUT2D eigenvalue weighted by Crippen LogP contribution is -2.19. The fraction of sp³-hybridized carbons (Fsp3) is 1.00. The summed E-state index contributed by atoms with van der Waals surface area (Å²) in [6.07, 6.45) is 18.1. The Bertz CT molecular complexity index is 225. The summed E-state index contributed by atoms with van der Waals surface area (Å²) in [6, 6.07) is 0. The monoisotopic (exact) mass is 386 g/mol. The van der Waals surface area contributed by atoms with Gasteiger partial charge in [-0.25, -0.2) is 0 Å². The summed E-state index contributed by atoms with van der Waals surface area (Å²) in [5.74, 6) is 0.788. The molecule has 2 unspecified atom stereocenters. The van der Waals surface area contributed by atoms with Crippen molar-refractivity contribution >= 4 is 44.8 Å². The highest BCUT2D eigenvalue weighted by molar-refractivity contribution is 8.76. The van der Waals surface area contributed by atoms with Crippen LogP contribution in [0.3, 0.4) is 0 Å². The summed E-state index contributed by atoms with van der Waals surface area (Å²) in [5.41, 5.74) is 0. The standard InChI is InChI=1S/C18H36Cl2S2/c1-4-6-8-10-12-14-16(13-11-9-7-5-2)17(22-21-3)15-18(19)20/h16-18H,4-15H2,1-3H3. The molecule has 0 saturated heterocycles. The van der Waals surface area contributed by atoms with E-state index in [1.165, 1.54) is 70.6 Å². The molecule has 0 aliphatic carbocycles. The number of alkyl halides is 2. The van der Waals surface area contributed by atoms with Gasteiger partial charge in [-0.1, -0.05) is 93.2 Å². The molecule has 0 bridgehead atoms. The van der Waals surface area contributed by atoms with Gasteiger partial charge in [-0.2, -0.15) is 0 Å². The van der Waals surface area contributed by atoms with Crippen LogP contribution in [-0.4, -0.2) is 16.3 Å². The second kappa shape index (κ2) is 17.1. The fourth-order valence-corrected chi connectivity index (χ4v) is 5.96. The summed E-state index contributed by atoms with van der Waals surface area (Å²) in [5, 5.41) is 0.614. The van der Waals surface area contributed by atoms with E-state index in [1.54, 1.807) is 0 Å². The fourth-order valence-electron chi connectivity index (χ4n) is 2.97. The average Bonchev–Trinajstić information content (AvgIpc) is 2.48. The topological polar surface area (TPSA) is 0 Å². The van der Waals surface area contributed by atoms with Gasteiger partial charge < -0.3 is 0 Å². The minimum absolute atomic E-state index is 0.220. The number of unbranched alkanes of at least 4 members (excludes halogenated alkanes) is 7. The van der Waals surface area contributed by atoms with Crippen LogP contribution in [0.15, 0.2) is 0 Å². The summed E-state index contributed by atoms with van der Waals surface area (Å²) in [6.45, 7) is 4.56. The van der Waals surface area contributed by atoms with Crippen molar-refractivity contribution in [2.75, 3.05) is 6.26 Å². The first kappa shape index (κ1) is 23.3. The summed E-state index contributed by atoms with van der Waals surface area (Å²) < 4.78 is 0. The molecule has 0 nitrogen and oxygen atoms in total. The van der Waals surface area contributed by atoms with Crippen molar-refractivity contribution < 1.29 is 0 Å². The van der Waals surface area contributed by atoms with E-state index in [0.29, 0.717) is 5.25 Å². The minimum Gasteiger partial charge on any atom is -0.105 e. The van der Waals surface area contributed by atoms with Crippen molar-refractivity contribution in [3.63, 3.8) is 0 Å². The van der Waals surface area contributed by atoms with E-state index in [4.69, 9.17) is 23.2 Å². The van der Waals surface area contributed by atoms with E-state index < -0.39 is 0 Å². The van der Waals surface area contributed by atoms with Crippen molar-refractivity contribution in [2.45, 2.75) is 101 Å². The highest BCUT2D eigenvalue weighted by Gasteiger charge is 2.23. The SMILES string of the molecule is CCCCCCCC(CCCCCC)C(CC(Cl)Cl)SSC. The van der Waals surface area contributed by atoms with Crippen LogP contribution in [0.4, 0.5) is 0 Å². The van der Waals surface area contributed by atoms with E-state index in [0.717, 1.165) is 12.3 Å². The van der Waals surface area contributed by atoms with Crippen molar-refractivity contribution in [3.05, 3.63) is 0 Å². The number of hydrogen-bond donors (Lipinski definition) is 0. The third-order valence-electron chi connectivity index (χ3n) is 4.26. The molecule has 0 saturated carbocycles. The number of hydrogen-bond acceptors (Lipinski definition) is 2. The van der Waals surface area contributed by atoms with Crippen LogP contribution in [0.1, 0.15) is 90.9 Å². The van der Waals surface area contributed by atoms with Gasteiger partial charge in [-0.15, -0.1) is 23.2 Å². The lowest BCUT2D eigenvalue weighted by Gasteiger charge is -2.27. The molecule has 0 heterocycles. The van der Waals surface area contributed by atoms with Gasteiger partial charge in [0.1, 0.15) is 4.84 Å². The van der Waals surface area contributed by atoms with Crippen LogP contribution in [0.2, 0.25) is 0 Å². The Morgan fingerprint density at radius 3 is 1.73 bits per heavy atom. The zero-order valence-corrected chi connectivity index (χ0v) is 17.9. The van der Waals surface area contributed by atoms with Gasteiger partial charge in [0.25, 0.3) is 0 Å². The van der Waals surface area contributed by atoms with Gasteiger partial charge in [0.2, 0.25) is 0 Å². The Hall–Kier alpha value is 1.28. The van der Waals surface area contributed by atoms with E-state index in [9.17, 15) is 0 Å². The normalized spacial score (nSPS) is 14.5. The quantitative estimate of drug-likeness (QED) is 0.148. The van der Waals surface area contributed by atoms with Crippen molar-refractivity contribution in [3.8, 4) is 0 Å². The zero-order chi connectivity index (χ0) is 16.6. The van der Waals surface area contributed by atoms with Crippen LogP contribution in [-0.2, 0) is 0 Å². The molecule has 0 rings (SSSR count). The largest absolute Gasteiger partial charge is 0.108 e. The van der Waals surface area contributed by atoms with Gasteiger partial charge in [-0.3, -0.25) is 0 Å². The molecule has 0 aromatic heterocycles. The van der Waals surface area contributed by atoms with E-state index >= 15 is 0 Å². The van der Waals surface area contributed by atoms with E-state index in [2.05, 4.69) is 20.1 Å². The second-order valence-electron chi connectivity index (χ2n) is 6.24. The van der Waals surface area contributed by atoms with Crippen LogP contribution < -0.4 is 0 Å². The van der Waals surface area contributed by atoms with Crippen LogP contribution in [0.25, 0.3) is 0 Å². The molecule has 2 atom stereocenters. The molecular formula is C18H36Cl2S2. The first-order valence-electron chi connectivity index (χ1n) is 9.13. The molecule has 134 valence electrons. The Balaban J connectivity index is 4.30. The number of rotatable bonds is 16. The molecule has 22 heavy (non-hydrogen) atoms. The Kier molecular flexibility index (Phi) is 18.1. The molecule has 0 fully saturated rings. The third kappa shape index (κ3) is 13.7. The van der Waals surface area contributed by atoms with E-state index in [1.807, 2.05) is 21.6 Å². The van der Waals surface area contributed by atoms with Crippen molar-refractivity contribution in [1.29, 1.82) is 0 Å². The zero-order valence-electron chi connectivity index (χ0n) is 14.8. The molecule has 0 amide bonds. The van der Waals surface area contributed by atoms with Gasteiger partial charge >= 0.3 is 0 Å². The maximum Gasteiger partial charge on any atom is 0.108 e. The van der Waals surface area contributed by atoms with Gasteiger partial charge in [0, 0.05) is 5.25 Å². The summed E-state index contributed by atoms with van der Waals surface area (Å²) >= 11 is 12.2. The average molecular weight is 388 g/mol. The molecule has 0 N–H and O–H groups in total.